The summed E-state index contributed by atoms with van der Waals surface area (Å²) in [6, 6.07) is 0. The van der Waals surface area contributed by atoms with Crippen molar-refractivity contribution in [3.05, 3.63) is 0 Å². The summed E-state index contributed by atoms with van der Waals surface area (Å²) < 4.78 is 5.58. The molecule has 2 aliphatic rings. The lowest BCUT2D eigenvalue weighted by atomic mass is 9.75. The second-order valence-electron chi connectivity index (χ2n) is 5.16. The Bertz CT molecular complexity index is 157. The summed E-state index contributed by atoms with van der Waals surface area (Å²) in [5, 5.41) is 0. The van der Waals surface area contributed by atoms with Crippen LogP contribution in [0.1, 0.15) is 33.6 Å². The number of fused-ring (bicyclic) bond motifs is 2. The first kappa shape index (κ1) is 7.60. The van der Waals surface area contributed by atoms with Crippen LogP contribution in [-0.4, -0.2) is 12.7 Å². The highest BCUT2D eigenvalue weighted by molar-refractivity contribution is 4.94. The number of hydrogen-bond acceptors (Lipinski definition) is 1. The zero-order valence-electron chi connectivity index (χ0n) is 7.76. The Hall–Kier alpha value is -0.0400. The fourth-order valence-electron chi connectivity index (χ4n) is 2.71. The lowest BCUT2D eigenvalue weighted by Gasteiger charge is -2.33. The van der Waals surface area contributed by atoms with Gasteiger partial charge in [-0.1, -0.05) is 20.8 Å². The maximum Gasteiger partial charge on any atom is 0.0581 e. The van der Waals surface area contributed by atoms with Gasteiger partial charge in [0.1, 0.15) is 0 Å². The summed E-state index contributed by atoms with van der Waals surface area (Å²) in [5.74, 6) is 1.79. The SMILES string of the molecule is CC(C)(C)C1C[C@H]2CC1CO2. The van der Waals surface area contributed by atoms with E-state index in [1.165, 1.54) is 12.8 Å². The van der Waals surface area contributed by atoms with Crippen molar-refractivity contribution in [1.82, 2.24) is 0 Å². The molecule has 1 heterocycles. The maximum absolute atomic E-state index is 5.58. The quantitative estimate of drug-likeness (QED) is 0.521. The van der Waals surface area contributed by atoms with Gasteiger partial charge in [0.15, 0.2) is 0 Å². The van der Waals surface area contributed by atoms with E-state index in [-0.39, 0.29) is 0 Å². The molecule has 1 aliphatic carbocycles. The number of hydrogen-bond donors (Lipinski definition) is 0. The zero-order chi connectivity index (χ0) is 8.06. The molecular formula is C10H18O. The van der Waals surface area contributed by atoms with E-state index in [4.69, 9.17) is 4.74 Å². The predicted octanol–water partition coefficient (Wildman–Crippen LogP) is 2.46. The Balaban J connectivity index is 2.08. The van der Waals surface area contributed by atoms with E-state index >= 15 is 0 Å². The van der Waals surface area contributed by atoms with Crippen LogP contribution in [-0.2, 0) is 4.74 Å². The Kier molecular flexibility index (Phi) is 1.54. The third kappa shape index (κ3) is 1.20. The van der Waals surface area contributed by atoms with Crippen molar-refractivity contribution in [1.29, 1.82) is 0 Å². The van der Waals surface area contributed by atoms with E-state index < -0.39 is 0 Å². The van der Waals surface area contributed by atoms with Gasteiger partial charge in [-0.3, -0.25) is 0 Å². The molecule has 2 bridgehead atoms. The molecule has 0 aromatic carbocycles. The Morgan fingerprint density at radius 2 is 1.91 bits per heavy atom. The molecule has 1 nitrogen and oxygen atoms in total. The van der Waals surface area contributed by atoms with E-state index in [0.717, 1.165) is 18.4 Å². The van der Waals surface area contributed by atoms with Crippen molar-refractivity contribution in [2.24, 2.45) is 17.3 Å². The normalized spacial score (nSPS) is 43.4. The number of ether oxygens (including phenoxy) is 1. The molecule has 0 aromatic rings. The van der Waals surface area contributed by atoms with Crippen LogP contribution in [0, 0.1) is 17.3 Å². The molecule has 0 aromatic heterocycles. The molecular weight excluding hydrogens is 136 g/mol. The summed E-state index contributed by atoms with van der Waals surface area (Å²) in [6.45, 7) is 8.11. The molecule has 2 fully saturated rings. The molecule has 0 amide bonds. The second kappa shape index (κ2) is 2.22. The Morgan fingerprint density at radius 1 is 1.18 bits per heavy atom. The van der Waals surface area contributed by atoms with Gasteiger partial charge in [0.25, 0.3) is 0 Å². The lowest BCUT2D eigenvalue weighted by molar-refractivity contribution is 0.0192. The predicted molar refractivity (Wildman–Crippen MR) is 45.4 cm³/mol. The fraction of sp³-hybridized carbons (Fsp3) is 1.00. The topological polar surface area (TPSA) is 9.23 Å². The van der Waals surface area contributed by atoms with Crippen molar-refractivity contribution in [2.45, 2.75) is 39.7 Å². The first-order chi connectivity index (χ1) is 5.07. The van der Waals surface area contributed by atoms with Crippen molar-refractivity contribution in [3.63, 3.8) is 0 Å². The standard InChI is InChI=1S/C10H18O/c1-10(2,3)9-5-8-4-7(9)6-11-8/h7-9H,4-6H2,1-3H3/t7?,8-,9?/m1/s1. The highest BCUT2D eigenvalue weighted by Gasteiger charge is 2.45. The average Bonchev–Trinajstić information content (AvgIpc) is 2.42. The zero-order valence-corrected chi connectivity index (χ0v) is 7.76. The minimum atomic E-state index is 0.503. The first-order valence-electron chi connectivity index (χ1n) is 4.69. The molecule has 3 atom stereocenters. The summed E-state index contributed by atoms with van der Waals surface area (Å²) in [5.41, 5.74) is 0.503. The molecule has 11 heavy (non-hydrogen) atoms. The van der Waals surface area contributed by atoms with Gasteiger partial charge in [0.05, 0.1) is 12.7 Å². The van der Waals surface area contributed by atoms with Crippen LogP contribution in [0.15, 0.2) is 0 Å². The van der Waals surface area contributed by atoms with Crippen LogP contribution in [0.25, 0.3) is 0 Å². The summed E-state index contributed by atoms with van der Waals surface area (Å²) >= 11 is 0. The third-order valence-electron chi connectivity index (χ3n) is 3.31. The molecule has 1 aliphatic heterocycles. The van der Waals surface area contributed by atoms with Gasteiger partial charge in [-0.2, -0.15) is 0 Å². The lowest BCUT2D eigenvalue weighted by Crippen LogP contribution is -2.29. The van der Waals surface area contributed by atoms with Gasteiger partial charge in [0, 0.05) is 0 Å². The van der Waals surface area contributed by atoms with Crippen LogP contribution >= 0.6 is 0 Å². The van der Waals surface area contributed by atoms with E-state index in [0.29, 0.717) is 11.5 Å². The van der Waals surface area contributed by atoms with Crippen molar-refractivity contribution in [3.8, 4) is 0 Å². The summed E-state index contributed by atoms with van der Waals surface area (Å²) in [7, 11) is 0. The second-order valence-corrected chi connectivity index (χ2v) is 5.16. The van der Waals surface area contributed by atoms with Crippen molar-refractivity contribution >= 4 is 0 Å². The molecule has 1 saturated carbocycles. The van der Waals surface area contributed by atoms with Gasteiger partial charge in [-0.15, -0.1) is 0 Å². The third-order valence-corrected chi connectivity index (χ3v) is 3.31. The fourth-order valence-corrected chi connectivity index (χ4v) is 2.71. The molecule has 2 rings (SSSR count). The van der Waals surface area contributed by atoms with Crippen molar-refractivity contribution < 1.29 is 4.74 Å². The highest BCUT2D eigenvalue weighted by atomic mass is 16.5. The van der Waals surface area contributed by atoms with Crippen LogP contribution in [0.4, 0.5) is 0 Å². The highest BCUT2D eigenvalue weighted by Crippen LogP contribution is 2.48. The van der Waals surface area contributed by atoms with Crippen LogP contribution < -0.4 is 0 Å². The summed E-state index contributed by atoms with van der Waals surface area (Å²) in [4.78, 5) is 0. The van der Waals surface area contributed by atoms with Crippen LogP contribution in [0.2, 0.25) is 0 Å². The molecule has 64 valence electrons. The van der Waals surface area contributed by atoms with E-state index in [2.05, 4.69) is 20.8 Å². The maximum atomic E-state index is 5.58. The Labute approximate surface area is 69.1 Å². The first-order valence-corrected chi connectivity index (χ1v) is 4.69. The Morgan fingerprint density at radius 3 is 2.18 bits per heavy atom. The largest absolute Gasteiger partial charge is 0.378 e. The molecule has 1 heteroatoms. The van der Waals surface area contributed by atoms with Gasteiger partial charge < -0.3 is 4.74 Å². The van der Waals surface area contributed by atoms with Crippen LogP contribution in [0.3, 0.4) is 0 Å². The van der Waals surface area contributed by atoms with Crippen molar-refractivity contribution in [2.75, 3.05) is 6.61 Å². The van der Waals surface area contributed by atoms with Gasteiger partial charge in [-0.05, 0) is 30.1 Å². The molecule has 2 unspecified atom stereocenters. The molecule has 0 N–H and O–H groups in total. The van der Waals surface area contributed by atoms with E-state index in [9.17, 15) is 0 Å². The molecule has 1 saturated heterocycles. The molecule has 0 radical (unpaired) electrons. The van der Waals surface area contributed by atoms with Gasteiger partial charge in [-0.25, -0.2) is 0 Å². The number of rotatable bonds is 0. The van der Waals surface area contributed by atoms with Gasteiger partial charge in [0.2, 0.25) is 0 Å². The average molecular weight is 154 g/mol. The monoisotopic (exact) mass is 154 g/mol. The van der Waals surface area contributed by atoms with Gasteiger partial charge >= 0.3 is 0 Å². The minimum absolute atomic E-state index is 0.503. The minimum Gasteiger partial charge on any atom is -0.378 e. The molecule has 0 spiro atoms. The summed E-state index contributed by atoms with van der Waals surface area (Å²) in [6.07, 6.45) is 3.26. The van der Waals surface area contributed by atoms with E-state index in [1.54, 1.807) is 0 Å². The van der Waals surface area contributed by atoms with Crippen LogP contribution in [0.5, 0.6) is 0 Å². The smallest absolute Gasteiger partial charge is 0.0581 e. The van der Waals surface area contributed by atoms with E-state index in [1.807, 2.05) is 0 Å².